The van der Waals surface area contributed by atoms with Crippen molar-refractivity contribution >= 4 is 5.95 Å². The quantitative estimate of drug-likeness (QED) is 0.866. The summed E-state index contributed by atoms with van der Waals surface area (Å²) in [7, 11) is 1.98. The van der Waals surface area contributed by atoms with Crippen LogP contribution in [0.15, 0.2) is 4.52 Å². The first kappa shape index (κ1) is 13.3. The van der Waals surface area contributed by atoms with Gasteiger partial charge in [0.1, 0.15) is 0 Å². The van der Waals surface area contributed by atoms with Crippen LogP contribution in [0.1, 0.15) is 39.0 Å². The summed E-state index contributed by atoms with van der Waals surface area (Å²) in [5.74, 6) is 2.06. The van der Waals surface area contributed by atoms with E-state index in [1.54, 1.807) is 0 Å². The van der Waals surface area contributed by atoms with Gasteiger partial charge in [-0.2, -0.15) is 4.98 Å². The van der Waals surface area contributed by atoms with Crippen LogP contribution in [0.3, 0.4) is 0 Å². The molecule has 1 unspecified atom stereocenters. The van der Waals surface area contributed by atoms with E-state index >= 15 is 0 Å². The zero-order valence-electron chi connectivity index (χ0n) is 11.6. The van der Waals surface area contributed by atoms with Crippen molar-refractivity contribution in [3.63, 3.8) is 0 Å². The minimum Gasteiger partial charge on any atom is -0.338 e. The van der Waals surface area contributed by atoms with Gasteiger partial charge < -0.3 is 14.7 Å². The summed E-state index contributed by atoms with van der Waals surface area (Å²) < 4.78 is 5.36. The normalized spacial score (nSPS) is 18.3. The highest BCUT2D eigenvalue weighted by molar-refractivity contribution is 5.28. The summed E-state index contributed by atoms with van der Waals surface area (Å²) in [6.07, 6.45) is 4.58. The summed E-state index contributed by atoms with van der Waals surface area (Å²) in [5.41, 5.74) is 0. The van der Waals surface area contributed by atoms with Crippen LogP contribution in [0.2, 0.25) is 0 Å². The molecule has 0 bridgehead atoms. The van der Waals surface area contributed by atoms with Gasteiger partial charge in [0.05, 0.1) is 0 Å². The summed E-state index contributed by atoms with van der Waals surface area (Å²) >= 11 is 0. The van der Waals surface area contributed by atoms with E-state index in [-0.39, 0.29) is 0 Å². The molecule has 0 radical (unpaired) electrons. The lowest BCUT2D eigenvalue weighted by molar-refractivity contribution is 0.334. The van der Waals surface area contributed by atoms with Gasteiger partial charge in [-0.05, 0) is 37.4 Å². The Bertz CT molecular complexity index is 358. The van der Waals surface area contributed by atoms with Gasteiger partial charge in [-0.25, -0.2) is 0 Å². The van der Waals surface area contributed by atoms with Gasteiger partial charge in [0.15, 0.2) is 0 Å². The van der Waals surface area contributed by atoms with Gasteiger partial charge in [-0.3, -0.25) is 0 Å². The number of likely N-dealkylation sites (N-methyl/N-ethyl adjacent to an activating group) is 1. The molecule has 2 heterocycles. The van der Waals surface area contributed by atoms with Crippen molar-refractivity contribution in [2.75, 3.05) is 25.0 Å². The number of rotatable bonds is 5. The SMILES string of the molecule is CNC(Cc1nc(N2CCCCC2)no1)C(C)C. The van der Waals surface area contributed by atoms with Crippen molar-refractivity contribution in [3.05, 3.63) is 5.89 Å². The van der Waals surface area contributed by atoms with Crippen LogP contribution in [0.5, 0.6) is 0 Å². The van der Waals surface area contributed by atoms with E-state index in [4.69, 9.17) is 4.52 Å². The Hall–Kier alpha value is -1.10. The Balaban J connectivity index is 1.96. The fourth-order valence-electron chi connectivity index (χ4n) is 2.41. The Kier molecular flexibility index (Phi) is 4.58. The van der Waals surface area contributed by atoms with Crippen LogP contribution in [-0.4, -0.2) is 36.3 Å². The Labute approximate surface area is 109 Å². The first-order valence-electron chi connectivity index (χ1n) is 6.95. The molecular weight excluding hydrogens is 228 g/mol. The molecule has 1 saturated heterocycles. The van der Waals surface area contributed by atoms with E-state index in [1.165, 1.54) is 19.3 Å². The van der Waals surface area contributed by atoms with Crippen molar-refractivity contribution in [2.24, 2.45) is 5.92 Å². The molecule has 0 spiro atoms. The second kappa shape index (κ2) is 6.18. The maximum absolute atomic E-state index is 5.36. The maximum Gasteiger partial charge on any atom is 0.266 e. The number of hydrogen-bond acceptors (Lipinski definition) is 5. The maximum atomic E-state index is 5.36. The lowest BCUT2D eigenvalue weighted by atomic mass is 10.0. The molecule has 1 aliphatic rings. The lowest BCUT2D eigenvalue weighted by Gasteiger charge is -2.24. The molecule has 1 aromatic rings. The van der Waals surface area contributed by atoms with E-state index in [0.29, 0.717) is 12.0 Å². The van der Waals surface area contributed by atoms with Crippen LogP contribution < -0.4 is 10.2 Å². The van der Waals surface area contributed by atoms with Crippen LogP contribution in [0.25, 0.3) is 0 Å². The summed E-state index contributed by atoms with van der Waals surface area (Å²) in [4.78, 5) is 6.73. The molecule has 0 amide bonds. The van der Waals surface area contributed by atoms with Gasteiger partial charge in [0, 0.05) is 25.6 Å². The minimum absolute atomic E-state index is 0.389. The molecule has 1 atom stereocenters. The third kappa shape index (κ3) is 3.22. The fraction of sp³-hybridized carbons (Fsp3) is 0.846. The molecule has 0 saturated carbocycles. The van der Waals surface area contributed by atoms with Crippen LogP contribution in [0.4, 0.5) is 5.95 Å². The molecule has 1 N–H and O–H groups in total. The van der Waals surface area contributed by atoms with Gasteiger partial charge in [0.25, 0.3) is 5.95 Å². The number of piperidine rings is 1. The zero-order valence-corrected chi connectivity index (χ0v) is 11.6. The highest BCUT2D eigenvalue weighted by Crippen LogP contribution is 2.17. The van der Waals surface area contributed by atoms with Crippen LogP contribution in [0, 0.1) is 5.92 Å². The predicted molar refractivity (Wildman–Crippen MR) is 71.8 cm³/mol. The number of aromatic nitrogens is 2. The number of anilines is 1. The molecule has 1 aromatic heterocycles. The standard InChI is InChI=1S/C13H24N4O/c1-10(2)11(14-3)9-12-15-13(16-18-12)17-7-5-4-6-8-17/h10-11,14H,4-9H2,1-3H3. The smallest absolute Gasteiger partial charge is 0.266 e. The fourth-order valence-corrected chi connectivity index (χ4v) is 2.41. The average molecular weight is 252 g/mol. The molecular formula is C13H24N4O. The monoisotopic (exact) mass is 252 g/mol. The Morgan fingerprint density at radius 3 is 2.61 bits per heavy atom. The molecule has 2 rings (SSSR count). The molecule has 5 heteroatoms. The summed E-state index contributed by atoms with van der Waals surface area (Å²) in [6.45, 7) is 6.50. The number of hydrogen-bond donors (Lipinski definition) is 1. The van der Waals surface area contributed by atoms with Gasteiger partial charge in [-0.15, -0.1) is 0 Å². The number of nitrogens with zero attached hydrogens (tertiary/aromatic N) is 3. The highest BCUT2D eigenvalue weighted by Gasteiger charge is 2.19. The molecule has 1 fully saturated rings. The van der Waals surface area contributed by atoms with E-state index in [2.05, 4.69) is 34.2 Å². The van der Waals surface area contributed by atoms with Crippen molar-refractivity contribution < 1.29 is 4.52 Å². The molecule has 1 aliphatic heterocycles. The molecule has 0 aromatic carbocycles. The van der Waals surface area contributed by atoms with Crippen molar-refractivity contribution in [1.29, 1.82) is 0 Å². The second-order valence-electron chi connectivity index (χ2n) is 5.38. The minimum atomic E-state index is 0.389. The van der Waals surface area contributed by atoms with E-state index in [0.717, 1.165) is 31.3 Å². The Morgan fingerprint density at radius 2 is 2.00 bits per heavy atom. The van der Waals surface area contributed by atoms with Crippen LogP contribution in [-0.2, 0) is 6.42 Å². The number of nitrogens with one attached hydrogen (secondary N) is 1. The molecule has 5 nitrogen and oxygen atoms in total. The van der Waals surface area contributed by atoms with Gasteiger partial charge in [-0.1, -0.05) is 13.8 Å². The largest absolute Gasteiger partial charge is 0.338 e. The van der Waals surface area contributed by atoms with Crippen LogP contribution >= 0.6 is 0 Å². The first-order valence-corrected chi connectivity index (χ1v) is 6.95. The highest BCUT2D eigenvalue weighted by atomic mass is 16.5. The van der Waals surface area contributed by atoms with E-state index in [9.17, 15) is 0 Å². The van der Waals surface area contributed by atoms with Gasteiger partial charge in [0.2, 0.25) is 5.89 Å². The Morgan fingerprint density at radius 1 is 1.28 bits per heavy atom. The van der Waals surface area contributed by atoms with Crippen molar-refractivity contribution in [3.8, 4) is 0 Å². The molecule has 0 aliphatic carbocycles. The third-order valence-electron chi connectivity index (χ3n) is 3.67. The third-order valence-corrected chi connectivity index (χ3v) is 3.67. The molecule has 18 heavy (non-hydrogen) atoms. The molecule has 102 valence electrons. The second-order valence-corrected chi connectivity index (χ2v) is 5.38. The summed E-state index contributed by atoms with van der Waals surface area (Å²) in [5, 5.41) is 7.40. The van der Waals surface area contributed by atoms with Crippen molar-refractivity contribution in [1.82, 2.24) is 15.5 Å². The average Bonchev–Trinajstić information content (AvgIpc) is 2.85. The first-order chi connectivity index (χ1) is 8.70. The lowest BCUT2D eigenvalue weighted by Crippen LogP contribution is -2.33. The van der Waals surface area contributed by atoms with E-state index < -0.39 is 0 Å². The zero-order chi connectivity index (χ0) is 13.0. The predicted octanol–water partition coefficient (Wildman–Crippen LogP) is 1.85. The van der Waals surface area contributed by atoms with E-state index in [1.807, 2.05) is 7.05 Å². The topological polar surface area (TPSA) is 54.2 Å². The summed E-state index contributed by atoms with van der Waals surface area (Å²) in [6, 6.07) is 0.389. The van der Waals surface area contributed by atoms with Crippen molar-refractivity contribution in [2.45, 2.75) is 45.6 Å². The van der Waals surface area contributed by atoms with Gasteiger partial charge >= 0.3 is 0 Å².